The Kier molecular flexibility index (Phi) is 5.19. The van der Waals surface area contributed by atoms with E-state index in [9.17, 15) is 0 Å². The van der Waals surface area contributed by atoms with E-state index >= 15 is 0 Å². The maximum atomic E-state index is 8.84. The van der Waals surface area contributed by atoms with Crippen molar-refractivity contribution in [1.29, 1.82) is 0 Å². The van der Waals surface area contributed by atoms with E-state index < -0.39 is 0 Å². The second-order valence-corrected chi connectivity index (χ2v) is 5.22. The van der Waals surface area contributed by atoms with Crippen molar-refractivity contribution in [3.63, 3.8) is 0 Å². The van der Waals surface area contributed by atoms with Crippen LogP contribution in [-0.4, -0.2) is 18.2 Å². The third-order valence-corrected chi connectivity index (χ3v) is 3.26. The molecule has 0 fully saturated rings. The minimum Gasteiger partial charge on any atom is -0.457 e. The van der Waals surface area contributed by atoms with Crippen molar-refractivity contribution in [2.24, 2.45) is 10.9 Å². The Morgan fingerprint density at radius 3 is 2.81 bits per heavy atom. The number of methoxy groups -OCH3 is 1. The van der Waals surface area contributed by atoms with Crippen LogP contribution in [-0.2, 0) is 11.3 Å². The molecule has 3 N–H and O–H groups in total. The van der Waals surface area contributed by atoms with Gasteiger partial charge in [-0.05, 0) is 35.9 Å². The van der Waals surface area contributed by atoms with E-state index in [1.165, 1.54) is 0 Å². The number of benzene rings is 2. The van der Waals surface area contributed by atoms with Crippen molar-refractivity contribution in [2.75, 3.05) is 7.11 Å². The summed E-state index contributed by atoms with van der Waals surface area (Å²) in [5.41, 5.74) is 7.17. The summed E-state index contributed by atoms with van der Waals surface area (Å²) in [7, 11) is 1.64. The van der Waals surface area contributed by atoms with E-state index in [0.29, 0.717) is 23.7 Å². The molecule has 2 rings (SSSR count). The summed E-state index contributed by atoms with van der Waals surface area (Å²) >= 11 is 3.38. The average Bonchev–Trinajstić information content (AvgIpc) is 2.47. The number of hydrogen-bond donors (Lipinski definition) is 2. The Balaban J connectivity index is 2.34. The summed E-state index contributed by atoms with van der Waals surface area (Å²) in [4.78, 5) is 0. The molecule has 110 valence electrons. The fourth-order valence-electron chi connectivity index (χ4n) is 1.84. The van der Waals surface area contributed by atoms with E-state index in [4.69, 9.17) is 20.4 Å². The lowest BCUT2D eigenvalue weighted by Gasteiger charge is -2.11. The molecule has 0 amide bonds. The average molecular weight is 351 g/mol. The van der Waals surface area contributed by atoms with Crippen LogP contribution in [0.2, 0.25) is 0 Å². The van der Waals surface area contributed by atoms with Crippen LogP contribution in [0.15, 0.2) is 52.1 Å². The molecule has 0 saturated carbocycles. The summed E-state index contributed by atoms with van der Waals surface area (Å²) in [5.74, 6) is 1.13. The van der Waals surface area contributed by atoms with Gasteiger partial charge in [0.2, 0.25) is 0 Å². The third-order valence-electron chi connectivity index (χ3n) is 2.76. The van der Waals surface area contributed by atoms with Gasteiger partial charge in [0.1, 0.15) is 11.5 Å². The zero-order valence-corrected chi connectivity index (χ0v) is 13.0. The third kappa shape index (κ3) is 3.96. The Hall–Kier alpha value is -2.05. The van der Waals surface area contributed by atoms with Crippen LogP contribution in [0.5, 0.6) is 11.5 Å². The number of hydrogen-bond acceptors (Lipinski definition) is 4. The van der Waals surface area contributed by atoms with Crippen LogP contribution in [0.3, 0.4) is 0 Å². The predicted octanol–water partition coefficient (Wildman–Crippen LogP) is 3.48. The largest absolute Gasteiger partial charge is 0.457 e. The normalized spacial score (nSPS) is 11.4. The summed E-state index contributed by atoms with van der Waals surface area (Å²) < 4.78 is 11.8. The number of rotatable bonds is 5. The molecule has 0 radical (unpaired) electrons. The molecule has 21 heavy (non-hydrogen) atoms. The molecule has 0 heterocycles. The number of nitrogens with two attached hydrogens (primary N) is 1. The topological polar surface area (TPSA) is 77.1 Å². The molecule has 0 atom stereocenters. The van der Waals surface area contributed by atoms with Crippen LogP contribution in [0.1, 0.15) is 11.1 Å². The molecular formula is C15H15BrN2O3. The first-order chi connectivity index (χ1) is 10.1. The van der Waals surface area contributed by atoms with Crippen molar-refractivity contribution < 1.29 is 14.7 Å². The molecule has 2 aromatic carbocycles. The second-order valence-electron chi connectivity index (χ2n) is 4.31. The molecule has 6 heteroatoms. The first-order valence-electron chi connectivity index (χ1n) is 6.17. The lowest BCUT2D eigenvalue weighted by molar-refractivity contribution is 0.184. The van der Waals surface area contributed by atoms with Crippen molar-refractivity contribution in [2.45, 2.75) is 6.61 Å². The number of oxime groups is 1. The van der Waals surface area contributed by atoms with Gasteiger partial charge in [-0.3, -0.25) is 0 Å². The maximum Gasteiger partial charge on any atom is 0.173 e. The standard InChI is InChI=1S/C15H15BrN2O3/c1-20-9-10-3-2-4-12(7-10)21-14-8-11(16)5-6-13(14)15(17)18-19/h2-8,19H,9H2,1H3,(H2,17,18). The first kappa shape index (κ1) is 15.3. The molecule has 0 spiro atoms. The molecule has 0 bridgehead atoms. The summed E-state index contributed by atoms with van der Waals surface area (Å²) in [6.07, 6.45) is 0. The van der Waals surface area contributed by atoms with Gasteiger partial charge in [0, 0.05) is 11.6 Å². The van der Waals surface area contributed by atoms with Gasteiger partial charge < -0.3 is 20.4 Å². The summed E-state index contributed by atoms with van der Waals surface area (Å²) in [6.45, 7) is 0.503. The molecular weight excluding hydrogens is 336 g/mol. The minimum absolute atomic E-state index is 0.00875. The van der Waals surface area contributed by atoms with E-state index in [0.717, 1.165) is 10.0 Å². The molecule has 2 aromatic rings. The van der Waals surface area contributed by atoms with Gasteiger partial charge in [0.25, 0.3) is 0 Å². The quantitative estimate of drug-likeness (QED) is 0.374. The van der Waals surface area contributed by atoms with E-state index in [1.807, 2.05) is 24.3 Å². The zero-order valence-electron chi connectivity index (χ0n) is 11.4. The Bertz CT molecular complexity index is 659. The summed E-state index contributed by atoms with van der Waals surface area (Å²) in [6, 6.07) is 12.8. The lowest BCUT2D eigenvalue weighted by atomic mass is 10.2. The number of nitrogens with zero attached hydrogens (tertiary/aromatic N) is 1. The number of ether oxygens (including phenoxy) is 2. The molecule has 5 nitrogen and oxygen atoms in total. The molecule has 0 aliphatic heterocycles. The van der Waals surface area contributed by atoms with Crippen molar-refractivity contribution >= 4 is 21.8 Å². The van der Waals surface area contributed by atoms with Crippen LogP contribution < -0.4 is 10.5 Å². The van der Waals surface area contributed by atoms with Crippen LogP contribution in [0, 0.1) is 0 Å². The Morgan fingerprint density at radius 2 is 2.10 bits per heavy atom. The molecule has 0 aliphatic carbocycles. The van der Waals surface area contributed by atoms with E-state index in [2.05, 4.69) is 21.1 Å². The highest BCUT2D eigenvalue weighted by Crippen LogP contribution is 2.29. The van der Waals surface area contributed by atoms with E-state index in [-0.39, 0.29) is 5.84 Å². The van der Waals surface area contributed by atoms with Crippen LogP contribution in [0.25, 0.3) is 0 Å². The lowest BCUT2D eigenvalue weighted by Crippen LogP contribution is -2.14. The smallest absolute Gasteiger partial charge is 0.173 e. The molecule has 0 aliphatic rings. The SMILES string of the molecule is COCc1cccc(Oc2cc(Br)ccc2/C(N)=N/O)c1. The van der Waals surface area contributed by atoms with Gasteiger partial charge in [-0.1, -0.05) is 33.2 Å². The fourth-order valence-corrected chi connectivity index (χ4v) is 2.18. The zero-order chi connectivity index (χ0) is 15.2. The van der Waals surface area contributed by atoms with Crippen molar-refractivity contribution in [1.82, 2.24) is 0 Å². The second kappa shape index (κ2) is 7.10. The van der Waals surface area contributed by atoms with Gasteiger partial charge in [0.05, 0.1) is 12.2 Å². The van der Waals surface area contributed by atoms with Crippen molar-refractivity contribution in [3.8, 4) is 11.5 Å². The molecule has 0 aromatic heterocycles. The maximum absolute atomic E-state index is 8.84. The van der Waals surface area contributed by atoms with Crippen LogP contribution in [0.4, 0.5) is 0 Å². The predicted molar refractivity (Wildman–Crippen MR) is 83.9 cm³/mol. The van der Waals surface area contributed by atoms with Gasteiger partial charge in [-0.2, -0.15) is 0 Å². The van der Waals surface area contributed by atoms with Crippen LogP contribution >= 0.6 is 15.9 Å². The van der Waals surface area contributed by atoms with Gasteiger partial charge >= 0.3 is 0 Å². The minimum atomic E-state index is -0.00875. The highest BCUT2D eigenvalue weighted by Gasteiger charge is 2.10. The molecule has 0 saturated heterocycles. The Labute approximate surface area is 131 Å². The van der Waals surface area contributed by atoms with Crippen molar-refractivity contribution in [3.05, 3.63) is 58.1 Å². The highest BCUT2D eigenvalue weighted by atomic mass is 79.9. The van der Waals surface area contributed by atoms with E-state index in [1.54, 1.807) is 25.3 Å². The number of amidine groups is 1. The first-order valence-corrected chi connectivity index (χ1v) is 6.96. The number of halogens is 1. The molecule has 0 unspecified atom stereocenters. The van der Waals surface area contributed by atoms with Gasteiger partial charge in [-0.25, -0.2) is 0 Å². The fraction of sp³-hybridized carbons (Fsp3) is 0.133. The highest BCUT2D eigenvalue weighted by molar-refractivity contribution is 9.10. The van der Waals surface area contributed by atoms with Gasteiger partial charge in [-0.15, -0.1) is 0 Å². The monoisotopic (exact) mass is 350 g/mol. The van der Waals surface area contributed by atoms with Gasteiger partial charge in [0.15, 0.2) is 5.84 Å². The Morgan fingerprint density at radius 1 is 1.29 bits per heavy atom. The summed E-state index contributed by atoms with van der Waals surface area (Å²) in [5, 5.41) is 11.9.